The molecule has 1 amide bonds. The Morgan fingerprint density at radius 1 is 1.38 bits per heavy atom. The smallest absolute Gasteiger partial charge is 0.254 e. The van der Waals surface area contributed by atoms with E-state index in [1.807, 2.05) is 6.92 Å². The molecule has 0 saturated carbocycles. The zero-order valence-corrected chi connectivity index (χ0v) is 12.6. The topological polar surface area (TPSA) is 89.3 Å². The van der Waals surface area contributed by atoms with Crippen molar-refractivity contribution in [1.82, 2.24) is 5.32 Å². The molecule has 0 aromatic heterocycles. The lowest BCUT2D eigenvalue weighted by molar-refractivity contribution is 0.0932. The second-order valence-corrected chi connectivity index (χ2v) is 6.39. The second kappa shape index (κ2) is 6.95. The van der Waals surface area contributed by atoms with Crippen LogP contribution in [0, 0.1) is 11.6 Å². The molecule has 0 saturated heterocycles. The van der Waals surface area contributed by atoms with Gasteiger partial charge in [0.25, 0.3) is 5.91 Å². The molecule has 0 aliphatic rings. The van der Waals surface area contributed by atoms with Crippen LogP contribution < -0.4 is 10.5 Å². The molecule has 1 rings (SSSR count). The Kier molecular flexibility index (Phi) is 5.79. The number of halogens is 2. The van der Waals surface area contributed by atoms with Crippen molar-refractivity contribution in [2.45, 2.75) is 44.0 Å². The minimum atomic E-state index is -4.23. The monoisotopic (exact) mass is 320 g/mol. The molecule has 0 bridgehead atoms. The summed E-state index contributed by atoms with van der Waals surface area (Å²) < 4.78 is 49.4. The van der Waals surface area contributed by atoms with Crippen molar-refractivity contribution in [2.24, 2.45) is 5.14 Å². The number of nitrogens with one attached hydrogen (secondary N) is 1. The van der Waals surface area contributed by atoms with E-state index in [0.29, 0.717) is 12.5 Å². The van der Waals surface area contributed by atoms with Gasteiger partial charge in [-0.3, -0.25) is 4.79 Å². The summed E-state index contributed by atoms with van der Waals surface area (Å²) >= 11 is 0. The van der Waals surface area contributed by atoms with Gasteiger partial charge in [-0.15, -0.1) is 0 Å². The van der Waals surface area contributed by atoms with Crippen LogP contribution in [0.25, 0.3) is 0 Å². The van der Waals surface area contributed by atoms with Crippen molar-refractivity contribution in [2.75, 3.05) is 0 Å². The highest BCUT2D eigenvalue weighted by Gasteiger charge is 2.22. The van der Waals surface area contributed by atoms with E-state index in [0.717, 1.165) is 18.9 Å². The number of rotatable bonds is 6. The Labute approximate surface area is 122 Å². The molecule has 1 aromatic carbocycles. The van der Waals surface area contributed by atoms with Crippen molar-refractivity contribution in [3.05, 3.63) is 29.3 Å². The summed E-state index contributed by atoms with van der Waals surface area (Å²) in [5.74, 6) is -3.71. The molecular weight excluding hydrogens is 302 g/mol. The number of hydrogen-bond donors (Lipinski definition) is 2. The molecule has 5 nitrogen and oxygen atoms in total. The van der Waals surface area contributed by atoms with Crippen LogP contribution in [0.4, 0.5) is 8.78 Å². The molecule has 118 valence electrons. The van der Waals surface area contributed by atoms with Crippen LogP contribution in [0.15, 0.2) is 17.0 Å². The van der Waals surface area contributed by atoms with Gasteiger partial charge in [-0.2, -0.15) is 0 Å². The minimum Gasteiger partial charge on any atom is -0.349 e. The van der Waals surface area contributed by atoms with E-state index >= 15 is 0 Å². The van der Waals surface area contributed by atoms with Crippen molar-refractivity contribution < 1.29 is 22.0 Å². The Balaban J connectivity index is 3.06. The Bertz CT molecular complexity index is 633. The molecule has 0 fully saturated rings. The summed E-state index contributed by atoms with van der Waals surface area (Å²) in [7, 11) is -4.23. The zero-order chi connectivity index (χ0) is 16.2. The Morgan fingerprint density at radius 2 is 2.00 bits per heavy atom. The number of benzene rings is 1. The molecule has 0 heterocycles. The maximum atomic E-state index is 13.7. The average molecular weight is 320 g/mol. The number of hydrogen-bond acceptors (Lipinski definition) is 3. The molecule has 1 aromatic rings. The quantitative estimate of drug-likeness (QED) is 0.839. The molecule has 8 heteroatoms. The molecular formula is C13H18F2N2O3S. The van der Waals surface area contributed by atoms with Gasteiger partial charge >= 0.3 is 0 Å². The van der Waals surface area contributed by atoms with Crippen LogP contribution in [0.5, 0.6) is 0 Å². The summed E-state index contributed by atoms with van der Waals surface area (Å²) in [5, 5.41) is 7.36. The van der Waals surface area contributed by atoms with Crippen LogP contribution >= 0.6 is 0 Å². The van der Waals surface area contributed by atoms with E-state index in [2.05, 4.69) is 5.32 Å². The summed E-state index contributed by atoms with van der Waals surface area (Å²) in [5.41, 5.74) is -0.678. The number of amides is 1. The SMILES string of the molecule is CCCCC(C)NC(=O)c1cc(S(N)(=O)=O)cc(F)c1F. The van der Waals surface area contributed by atoms with E-state index in [9.17, 15) is 22.0 Å². The number of nitrogens with two attached hydrogens (primary N) is 1. The minimum absolute atomic E-state index is 0.238. The van der Waals surface area contributed by atoms with Crippen LogP contribution in [0.1, 0.15) is 43.5 Å². The highest BCUT2D eigenvalue weighted by molar-refractivity contribution is 7.89. The number of carbonyl (C=O) groups is 1. The van der Waals surface area contributed by atoms with Gasteiger partial charge in [-0.1, -0.05) is 19.8 Å². The van der Waals surface area contributed by atoms with Crippen molar-refractivity contribution in [1.29, 1.82) is 0 Å². The van der Waals surface area contributed by atoms with Gasteiger partial charge in [0.1, 0.15) is 0 Å². The number of carbonyl (C=O) groups excluding carboxylic acids is 1. The van der Waals surface area contributed by atoms with E-state index in [-0.39, 0.29) is 6.04 Å². The normalized spacial score (nSPS) is 13.0. The first-order valence-corrected chi connectivity index (χ1v) is 8.04. The zero-order valence-electron chi connectivity index (χ0n) is 11.8. The second-order valence-electron chi connectivity index (χ2n) is 4.83. The van der Waals surface area contributed by atoms with Crippen LogP contribution in [0.3, 0.4) is 0 Å². The fourth-order valence-corrected chi connectivity index (χ4v) is 2.33. The summed E-state index contributed by atoms with van der Waals surface area (Å²) in [6, 6.07) is 0.940. The molecule has 21 heavy (non-hydrogen) atoms. The first kappa shape index (κ1) is 17.5. The van der Waals surface area contributed by atoms with Crippen LogP contribution in [-0.4, -0.2) is 20.4 Å². The molecule has 1 atom stereocenters. The fourth-order valence-electron chi connectivity index (χ4n) is 1.78. The van der Waals surface area contributed by atoms with Crippen LogP contribution in [0.2, 0.25) is 0 Å². The van der Waals surface area contributed by atoms with E-state index in [1.165, 1.54) is 0 Å². The lowest BCUT2D eigenvalue weighted by Gasteiger charge is -2.14. The third-order valence-corrected chi connectivity index (χ3v) is 3.84. The van der Waals surface area contributed by atoms with Gasteiger partial charge in [-0.05, 0) is 25.5 Å². The lowest BCUT2D eigenvalue weighted by Crippen LogP contribution is -2.33. The predicted molar refractivity (Wildman–Crippen MR) is 74.2 cm³/mol. The summed E-state index contributed by atoms with van der Waals surface area (Å²) in [6.45, 7) is 3.71. The maximum Gasteiger partial charge on any atom is 0.254 e. The van der Waals surface area contributed by atoms with Crippen molar-refractivity contribution in [3.63, 3.8) is 0 Å². The fraction of sp³-hybridized carbons (Fsp3) is 0.462. The Hall–Kier alpha value is -1.54. The third kappa shape index (κ3) is 4.75. The van der Waals surface area contributed by atoms with Gasteiger partial charge in [0.2, 0.25) is 10.0 Å². The van der Waals surface area contributed by atoms with Gasteiger partial charge in [0.05, 0.1) is 10.5 Å². The van der Waals surface area contributed by atoms with Gasteiger partial charge < -0.3 is 5.32 Å². The van der Waals surface area contributed by atoms with E-state index in [1.54, 1.807) is 6.92 Å². The maximum absolute atomic E-state index is 13.7. The largest absolute Gasteiger partial charge is 0.349 e. The van der Waals surface area contributed by atoms with E-state index < -0.39 is 38.0 Å². The van der Waals surface area contributed by atoms with Crippen molar-refractivity contribution in [3.8, 4) is 0 Å². The Morgan fingerprint density at radius 3 is 2.52 bits per heavy atom. The molecule has 0 radical (unpaired) electrons. The highest BCUT2D eigenvalue weighted by atomic mass is 32.2. The number of primary sulfonamides is 1. The summed E-state index contributed by atoms with van der Waals surface area (Å²) in [6.07, 6.45) is 2.49. The number of unbranched alkanes of at least 4 members (excludes halogenated alkanes) is 1. The highest BCUT2D eigenvalue weighted by Crippen LogP contribution is 2.18. The van der Waals surface area contributed by atoms with Gasteiger partial charge in [0, 0.05) is 6.04 Å². The first-order chi connectivity index (χ1) is 9.66. The molecule has 3 N–H and O–H groups in total. The molecule has 0 spiro atoms. The average Bonchev–Trinajstić information content (AvgIpc) is 2.37. The van der Waals surface area contributed by atoms with Gasteiger partial charge in [0.15, 0.2) is 11.6 Å². The standard InChI is InChI=1S/C13H18F2N2O3S/c1-3-4-5-8(2)17-13(18)10-6-9(21(16,19)20)7-11(14)12(10)15/h6-8H,3-5H2,1-2H3,(H,17,18)(H2,16,19,20). The third-order valence-electron chi connectivity index (χ3n) is 2.94. The molecule has 1 unspecified atom stereocenters. The first-order valence-electron chi connectivity index (χ1n) is 6.49. The number of sulfonamides is 1. The summed E-state index contributed by atoms with van der Waals surface area (Å²) in [4.78, 5) is 11.3. The molecule has 0 aliphatic heterocycles. The van der Waals surface area contributed by atoms with Gasteiger partial charge in [-0.25, -0.2) is 22.3 Å². The molecule has 0 aliphatic carbocycles. The lowest BCUT2D eigenvalue weighted by atomic mass is 10.1. The van der Waals surface area contributed by atoms with Crippen LogP contribution in [-0.2, 0) is 10.0 Å². The van der Waals surface area contributed by atoms with E-state index in [4.69, 9.17) is 5.14 Å². The van der Waals surface area contributed by atoms with Crippen molar-refractivity contribution >= 4 is 15.9 Å². The predicted octanol–water partition coefficient (Wildman–Crippen LogP) is 1.92.